The van der Waals surface area contributed by atoms with Crippen LogP contribution in [-0.2, 0) is 6.54 Å². The molecule has 0 radical (unpaired) electrons. The van der Waals surface area contributed by atoms with E-state index in [9.17, 15) is 14.4 Å². The lowest BCUT2D eigenvalue weighted by atomic mass is 10.1. The first-order chi connectivity index (χ1) is 15.4. The van der Waals surface area contributed by atoms with Crippen molar-refractivity contribution < 1.29 is 14.3 Å². The lowest BCUT2D eigenvalue weighted by molar-refractivity contribution is 0.0944. The molecule has 168 valence electrons. The Labute approximate surface area is 185 Å². The van der Waals surface area contributed by atoms with Crippen LogP contribution in [0, 0.1) is 6.92 Å². The third kappa shape index (κ3) is 4.72. The SMILES string of the molecule is CCCNC(=O)c1nn(-c2ccc(OC)c(OC)c2)c(=O)n(Cc2ccc(C)cc2)c1=O. The molecule has 0 saturated carbocycles. The summed E-state index contributed by atoms with van der Waals surface area (Å²) in [5.74, 6) is 0.217. The van der Waals surface area contributed by atoms with Crippen LogP contribution in [0.2, 0.25) is 0 Å². The highest BCUT2D eigenvalue weighted by Gasteiger charge is 2.21. The van der Waals surface area contributed by atoms with Crippen LogP contribution >= 0.6 is 0 Å². The second kappa shape index (κ2) is 9.95. The lowest BCUT2D eigenvalue weighted by Gasteiger charge is -2.14. The van der Waals surface area contributed by atoms with Gasteiger partial charge in [-0.05, 0) is 31.0 Å². The van der Waals surface area contributed by atoms with Crippen molar-refractivity contribution in [1.82, 2.24) is 19.7 Å². The number of benzene rings is 2. The van der Waals surface area contributed by atoms with Gasteiger partial charge in [-0.25, -0.2) is 4.79 Å². The third-order valence-electron chi connectivity index (χ3n) is 4.88. The fourth-order valence-electron chi connectivity index (χ4n) is 3.12. The molecule has 3 aromatic rings. The minimum Gasteiger partial charge on any atom is -0.493 e. The Bertz CT molecular complexity index is 1230. The number of amides is 1. The Hall–Kier alpha value is -3.88. The summed E-state index contributed by atoms with van der Waals surface area (Å²) >= 11 is 0. The molecule has 0 unspecified atom stereocenters. The summed E-state index contributed by atoms with van der Waals surface area (Å²) in [5, 5.41) is 6.76. The number of hydrogen-bond acceptors (Lipinski definition) is 6. The van der Waals surface area contributed by atoms with Gasteiger partial charge in [0.25, 0.3) is 11.5 Å². The Balaban J connectivity index is 2.20. The van der Waals surface area contributed by atoms with E-state index >= 15 is 0 Å². The van der Waals surface area contributed by atoms with Crippen molar-refractivity contribution in [3.8, 4) is 17.2 Å². The summed E-state index contributed by atoms with van der Waals surface area (Å²) in [7, 11) is 2.97. The predicted octanol–water partition coefficient (Wildman–Crippen LogP) is 1.91. The van der Waals surface area contributed by atoms with Crippen LogP contribution in [0.3, 0.4) is 0 Å². The molecular formula is C23H26N4O5. The van der Waals surface area contributed by atoms with Gasteiger partial charge in [0.15, 0.2) is 11.5 Å². The van der Waals surface area contributed by atoms with E-state index < -0.39 is 17.2 Å². The summed E-state index contributed by atoms with van der Waals surface area (Å²) in [6.07, 6.45) is 0.693. The van der Waals surface area contributed by atoms with Gasteiger partial charge >= 0.3 is 5.69 Å². The van der Waals surface area contributed by atoms with Crippen LogP contribution in [0.15, 0.2) is 52.1 Å². The number of hydrogen-bond donors (Lipinski definition) is 1. The molecule has 2 aromatic carbocycles. The summed E-state index contributed by atoms with van der Waals surface area (Å²) in [6.45, 7) is 4.23. The van der Waals surface area contributed by atoms with E-state index in [0.29, 0.717) is 30.2 Å². The second-order valence-corrected chi connectivity index (χ2v) is 7.22. The van der Waals surface area contributed by atoms with Crippen LogP contribution in [0.1, 0.15) is 35.0 Å². The van der Waals surface area contributed by atoms with Crippen LogP contribution < -0.4 is 26.0 Å². The fourth-order valence-corrected chi connectivity index (χ4v) is 3.12. The molecule has 0 fully saturated rings. The number of aromatic nitrogens is 3. The Morgan fingerprint density at radius 1 is 1.03 bits per heavy atom. The molecule has 3 rings (SSSR count). The van der Waals surface area contributed by atoms with E-state index in [-0.39, 0.29) is 12.2 Å². The van der Waals surface area contributed by atoms with Crippen molar-refractivity contribution in [1.29, 1.82) is 0 Å². The average Bonchev–Trinajstić information content (AvgIpc) is 2.81. The molecule has 1 amide bonds. The van der Waals surface area contributed by atoms with Crippen LogP contribution in [0.4, 0.5) is 0 Å². The van der Waals surface area contributed by atoms with Crippen molar-refractivity contribution in [2.45, 2.75) is 26.8 Å². The van der Waals surface area contributed by atoms with Crippen LogP contribution in [0.25, 0.3) is 5.69 Å². The quantitative estimate of drug-likeness (QED) is 0.576. The van der Waals surface area contributed by atoms with Gasteiger partial charge in [-0.3, -0.25) is 14.2 Å². The molecule has 0 aliphatic heterocycles. The first-order valence-corrected chi connectivity index (χ1v) is 10.2. The molecule has 1 heterocycles. The number of ether oxygens (including phenoxy) is 2. The highest BCUT2D eigenvalue weighted by atomic mass is 16.5. The Morgan fingerprint density at radius 3 is 2.34 bits per heavy atom. The summed E-state index contributed by atoms with van der Waals surface area (Å²) in [6, 6.07) is 12.2. The Kier molecular flexibility index (Phi) is 7.09. The van der Waals surface area contributed by atoms with E-state index in [2.05, 4.69) is 10.4 Å². The van der Waals surface area contributed by atoms with Crippen molar-refractivity contribution in [3.05, 3.63) is 80.1 Å². The molecule has 0 bridgehead atoms. The number of nitrogens with one attached hydrogen (secondary N) is 1. The fraction of sp³-hybridized carbons (Fsp3) is 0.304. The molecule has 0 spiro atoms. The van der Waals surface area contributed by atoms with E-state index in [1.165, 1.54) is 14.2 Å². The largest absolute Gasteiger partial charge is 0.493 e. The van der Waals surface area contributed by atoms with Crippen LogP contribution in [0.5, 0.6) is 11.5 Å². The van der Waals surface area contributed by atoms with Gasteiger partial charge in [-0.2, -0.15) is 9.78 Å². The number of nitrogens with zero attached hydrogens (tertiary/aromatic N) is 3. The standard InChI is InChI=1S/C23H26N4O5/c1-5-12-24-21(28)20-22(29)26(14-16-8-6-15(2)7-9-16)23(30)27(25-20)17-10-11-18(31-3)19(13-17)32-4/h6-11,13H,5,12,14H2,1-4H3,(H,24,28). The van der Waals surface area contributed by atoms with Gasteiger partial charge in [0.2, 0.25) is 5.69 Å². The maximum absolute atomic E-state index is 13.3. The van der Waals surface area contributed by atoms with E-state index in [1.54, 1.807) is 18.2 Å². The maximum atomic E-state index is 13.3. The average molecular weight is 438 g/mol. The molecule has 9 heteroatoms. The van der Waals surface area contributed by atoms with Gasteiger partial charge < -0.3 is 14.8 Å². The molecule has 0 aliphatic rings. The number of carbonyl (C=O) groups is 1. The number of methoxy groups -OCH3 is 2. The summed E-state index contributed by atoms with van der Waals surface area (Å²) in [5.41, 5.74) is 0.350. The van der Waals surface area contributed by atoms with Gasteiger partial charge in [0.05, 0.1) is 26.5 Å². The van der Waals surface area contributed by atoms with Crippen molar-refractivity contribution in [2.24, 2.45) is 0 Å². The van der Waals surface area contributed by atoms with Gasteiger partial charge in [0.1, 0.15) is 0 Å². The smallest absolute Gasteiger partial charge is 0.352 e. The lowest BCUT2D eigenvalue weighted by Crippen LogP contribution is -2.46. The number of aryl methyl sites for hydroxylation is 1. The summed E-state index contributed by atoms with van der Waals surface area (Å²) < 4.78 is 12.6. The molecule has 0 atom stereocenters. The monoisotopic (exact) mass is 438 g/mol. The van der Waals surface area contributed by atoms with Crippen molar-refractivity contribution in [3.63, 3.8) is 0 Å². The summed E-state index contributed by atoms with van der Waals surface area (Å²) in [4.78, 5) is 39.0. The zero-order chi connectivity index (χ0) is 23.3. The Morgan fingerprint density at radius 2 is 1.72 bits per heavy atom. The first kappa shape index (κ1) is 22.8. The zero-order valence-electron chi connectivity index (χ0n) is 18.5. The molecular weight excluding hydrogens is 412 g/mol. The third-order valence-corrected chi connectivity index (χ3v) is 4.88. The van der Waals surface area contributed by atoms with Gasteiger partial charge in [0, 0.05) is 12.6 Å². The van der Waals surface area contributed by atoms with Crippen molar-refractivity contribution in [2.75, 3.05) is 20.8 Å². The van der Waals surface area contributed by atoms with Crippen molar-refractivity contribution >= 4 is 5.91 Å². The number of carbonyl (C=O) groups excluding carboxylic acids is 1. The normalized spacial score (nSPS) is 10.6. The predicted molar refractivity (Wildman–Crippen MR) is 120 cm³/mol. The molecule has 1 N–H and O–H groups in total. The van der Waals surface area contributed by atoms with E-state index in [4.69, 9.17) is 9.47 Å². The zero-order valence-corrected chi connectivity index (χ0v) is 18.5. The minimum absolute atomic E-state index is 0.00180. The highest BCUT2D eigenvalue weighted by molar-refractivity contribution is 5.91. The van der Waals surface area contributed by atoms with E-state index in [1.807, 2.05) is 38.1 Å². The topological polar surface area (TPSA) is 104 Å². The highest BCUT2D eigenvalue weighted by Crippen LogP contribution is 2.28. The van der Waals surface area contributed by atoms with Gasteiger partial charge in [-0.1, -0.05) is 36.8 Å². The van der Waals surface area contributed by atoms with Gasteiger partial charge in [-0.15, -0.1) is 0 Å². The molecule has 0 aliphatic carbocycles. The first-order valence-electron chi connectivity index (χ1n) is 10.2. The van der Waals surface area contributed by atoms with E-state index in [0.717, 1.165) is 20.4 Å². The molecule has 9 nitrogen and oxygen atoms in total. The molecule has 1 aromatic heterocycles. The minimum atomic E-state index is -0.749. The second-order valence-electron chi connectivity index (χ2n) is 7.22. The van der Waals surface area contributed by atoms with Crippen LogP contribution in [-0.4, -0.2) is 41.0 Å². The molecule has 32 heavy (non-hydrogen) atoms. The number of rotatable bonds is 8. The molecule has 0 saturated heterocycles. The maximum Gasteiger partial charge on any atom is 0.352 e.